The lowest BCUT2D eigenvalue weighted by molar-refractivity contribution is -0.135. The van der Waals surface area contributed by atoms with Crippen LogP contribution in [0.2, 0.25) is 0 Å². The normalized spacial score (nSPS) is 16.3. The zero-order chi connectivity index (χ0) is 23.1. The Hall–Kier alpha value is -3.94. The summed E-state index contributed by atoms with van der Waals surface area (Å²) in [5, 5.41) is 9.49. The van der Waals surface area contributed by atoms with E-state index in [9.17, 15) is 14.7 Å². The van der Waals surface area contributed by atoms with Crippen LogP contribution in [0.3, 0.4) is 0 Å². The first-order chi connectivity index (χ1) is 15.9. The van der Waals surface area contributed by atoms with Gasteiger partial charge in [0.1, 0.15) is 11.5 Å². The summed E-state index contributed by atoms with van der Waals surface area (Å²) in [5.41, 5.74) is 2.67. The molecule has 33 heavy (non-hydrogen) atoms. The van der Waals surface area contributed by atoms with Crippen LogP contribution in [0.15, 0.2) is 47.3 Å². The third kappa shape index (κ3) is 3.77. The molecule has 3 heterocycles. The molecule has 0 aliphatic carbocycles. The van der Waals surface area contributed by atoms with Gasteiger partial charge in [0.05, 0.1) is 19.1 Å². The van der Waals surface area contributed by atoms with Crippen LogP contribution in [0.1, 0.15) is 34.7 Å². The van der Waals surface area contributed by atoms with Gasteiger partial charge < -0.3 is 28.6 Å². The van der Waals surface area contributed by atoms with E-state index in [1.807, 2.05) is 19.1 Å². The second-order valence-corrected chi connectivity index (χ2v) is 8.12. The maximum atomic E-state index is 13.6. The molecule has 5 rings (SSSR count). The van der Waals surface area contributed by atoms with Gasteiger partial charge in [0, 0.05) is 24.2 Å². The van der Waals surface area contributed by atoms with Crippen molar-refractivity contribution >= 4 is 5.97 Å². The summed E-state index contributed by atoms with van der Waals surface area (Å²) in [4.78, 5) is 26.0. The lowest BCUT2D eigenvalue weighted by atomic mass is 9.86. The maximum Gasteiger partial charge on any atom is 0.312 e. The van der Waals surface area contributed by atoms with E-state index in [1.165, 1.54) is 7.11 Å². The Labute approximate surface area is 189 Å². The van der Waals surface area contributed by atoms with Gasteiger partial charge in [-0.05, 0) is 48.7 Å². The van der Waals surface area contributed by atoms with Gasteiger partial charge in [-0.2, -0.15) is 0 Å². The van der Waals surface area contributed by atoms with Crippen LogP contribution in [0.5, 0.6) is 28.7 Å². The molecule has 3 aromatic rings. The molecule has 0 saturated carbocycles. The molecule has 0 amide bonds. The van der Waals surface area contributed by atoms with Gasteiger partial charge in [-0.1, -0.05) is 12.1 Å². The van der Waals surface area contributed by atoms with E-state index >= 15 is 0 Å². The number of methoxy groups -OCH3 is 1. The van der Waals surface area contributed by atoms with E-state index in [-0.39, 0.29) is 30.3 Å². The predicted octanol–water partition coefficient (Wildman–Crippen LogP) is 3.28. The number of aryl methyl sites for hydroxylation is 2. The minimum Gasteiger partial charge on any atom is -0.508 e. The smallest absolute Gasteiger partial charge is 0.312 e. The Morgan fingerprint density at radius 3 is 2.64 bits per heavy atom. The van der Waals surface area contributed by atoms with Crippen LogP contribution in [0, 0.1) is 6.92 Å². The quantitative estimate of drug-likeness (QED) is 0.597. The van der Waals surface area contributed by atoms with Crippen molar-refractivity contribution in [2.45, 2.75) is 32.2 Å². The van der Waals surface area contributed by atoms with Crippen molar-refractivity contribution in [1.82, 2.24) is 4.57 Å². The summed E-state index contributed by atoms with van der Waals surface area (Å²) in [6, 6.07) is 12.2. The van der Waals surface area contributed by atoms with Gasteiger partial charge in [0.15, 0.2) is 11.5 Å². The van der Waals surface area contributed by atoms with Crippen molar-refractivity contribution in [2.75, 3.05) is 13.9 Å². The molecule has 2 aromatic carbocycles. The lowest BCUT2D eigenvalue weighted by Crippen LogP contribution is -2.33. The number of pyridine rings is 1. The van der Waals surface area contributed by atoms with Crippen LogP contribution in [-0.2, 0) is 17.8 Å². The number of esters is 1. The largest absolute Gasteiger partial charge is 0.508 e. The number of phenols is 1. The molecule has 1 N–H and O–H groups in total. The fraction of sp³-hybridized carbons (Fsp3) is 0.280. The molecule has 170 valence electrons. The van der Waals surface area contributed by atoms with Crippen LogP contribution >= 0.6 is 0 Å². The molecule has 0 fully saturated rings. The standard InChI is InChI=1S/C25H23NO7/c1-14-9-19-23(25(29)26(14)8-7-15-3-5-17(27)6-4-15)18(12-22(28)33-19)16-10-20(30-2)24-21(11-16)31-13-32-24/h3-6,9-11,18,27H,7-8,12-13H2,1-2H3. The van der Waals surface area contributed by atoms with E-state index in [1.54, 1.807) is 34.9 Å². The molecule has 8 nitrogen and oxygen atoms in total. The van der Waals surface area contributed by atoms with Gasteiger partial charge in [-0.3, -0.25) is 9.59 Å². The first-order valence-corrected chi connectivity index (χ1v) is 10.6. The molecule has 2 aliphatic heterocycles. The van der Waals surface area contributed by atoms with Crippen molar-refractivity contribution in [1.29, 1.82) is 0 Å². The Kier molecular flexibility index (Phi) is 5.20. The predicted molar refractivity (Wildman–Crippen MR) is 118 cm³/mol. The highest BCUT2D eigenvalue weighted by molar-refractivity contribution is 5.78. The topological polar surface area (TPSA) is 96.2 Å². The SMILES string of the molecule is COc1cc(C2CC(=O)Oc3cc(C)n(CCc4ccc(O)cc4)c(=O)c32)cc2c1OCO2. The second kappa shape index (κ2) is 8.20. The van der Waals surface area contributed by atoms with Crippen molar-refractivity contribution in [2.24, 2.45) is 0 Å². The number of carbonyl (C=O) groups is 1. The summed E-state index contributed by atoms with van der Waals surface area (Å²) in [6.45, 7) is 2.36. The molecule has 8 heteroatoms. The highest BCUT2D eigenvalue weighted by Crippen LogP contribution is 2.46. The minimum atomic E-state index is -0.502. The Morgan fingerprint density at radius 2 is 1.88 bits per heavy atom. The minimum absolute atomic E-state index is 0.0338. The highest BCUT2D eigenvalue weighted by Gasteiger charge is 2.34. The third-order valence-corrected chi connectivity index (χ3v) is 6.09. The summed E-state index contributed by atoms with van der Waals surface area (Å²) in [7, 11) is 1.53. The fourth-order valence-corrected chi connectivity index (χ4v) is 4.41. The number of aromatic nitrogens is 1. The number of nitrogens with zero attached hydrogens (tertiary/aromatic N) is 1. The van der Waals surface area contributed by atoms with Gasteiger partial charge in [0.2, 0.25) is 12.5 Å². The molecule has 2 aliphatic rings. The van der Waals surface area contributed by atoms with Crippen molar-refractivity contribution < 1.29 is 28.8 Å². The highest BCUT2D eigenvalue weighted by atomic mass is 16.7. The number of phenolic OH excluding ortho intramolecular Hbond substituents is 1. The lowest BCUT2D eigenvalue weighted by Gasteiger charge is -2.26. The molecule has 0 spiro atoms. The second-order valence-electron chi connectivity index (χ2n) is 8.12. The van der Waals surface area contributed by atoms with Gasteiger partial charge in [-0.15, -0.1) is 0 Å². The number of hydrogen-bond acceptors (Lipinski definition) is 7. The fourth-order valence-electron chi connectivity index (χ4n) is 4.41. The molecular weight excluding hydrogens is 426 g/mol. The summed E-state index contributed by atoms with van der Waals surface area (Å²) >= 11 is 0. The number of fused-ring (bicyclic) bond motifs is 2. The van der Waals surface area contributed by atoms with Crippen LogP contribution in [0.25, 0.3) is 0 Å². The van der Waals surface area contributed by atoms with Crippen molar-refractivity contribution in [3.05, 3.63) is 75.2 Å². The van der Waals surface area contributed by atoms with Crippen LogP contribution < -0.4 is 24.5 Å². The van der Waals surface area contributed by atoms with E-state index in [2.05, 4.69) is 0 Å². The number of ether oxygens (including phenoxy) is 4. The van der Waals surface area contributed by atoms with Gasteiger partial charge in [0.25, 0.3) is 5.56 Å². The Bertz CT molecular complexity index is 1290. The third-order valence-electron chi connectivity index (χ3n) is 6.09. The average molecular weight is 449 g/mol. The van der Waals surface area contributed by atoms with E-state index < -0.39 is 11.9 Å². The number of hydrogen-bond donors (Lipinski definition) is 1. The summed E-state index contributed by atoms with van der Waals surface area (Å²) < 4.78 is 23.6. The average Bonchev–Trinajstić information content (AvgIpc) is 3.27. The van der Waals surface area contributed by atoms with Crippen molar-refractivity contribution in [3.8, 4) is 28.7 Å². The van der Waals surface area contributed by atoms with E-state index in [0.717, 1.165) is 11.1 Å². The molecule has 1 atom stereocenters. The summed E-state index contributed by atoms with van der Waals surface area (Å²) in [6.07, 6.45) is 0.647. The Morgan fingerprint density at radius 1 is 1.09 bits per heavy atom. The van der Waals surface area contributed by atoms with E-state index in [0.29, 0.717) is 41.5 Å². The molecule has 0 bridgehead atoms. The molecular formula is C25H23NO7. The number of aromatic hydroxyl groups is 1. The van der Waals surface area contributed by atoms with Gasteiger partial charge >= 0.3 is 5.97 Å². The number of benzene rings is 2. The van der Waals surface area contributed by atoms with E-state index in [4.69, 9.17) is 18.9 Å². The number of carbonyl (C=O) groups excluding carboxylic acids is 1. The zero-order valence-electron chi connectivity index (χ0n) is 18.3. The molecule has 1 unspecified atom stereocenters. The molecule has 1 aromatic heterocycles. The Balaban J connectivity index is 1.56. The van der Waals surface area contributed by atoms with Crippen molar-refractivity contribution in [3.63, 3.8) is 0 Å². The summed E-state index contributed by atoms with van der Waals surface area (Å²) in [5.74, 6) is 1.10. The monoisotopic (exact) mass is 449 g/mol. The van der Waals surface area contributed by atoms with Crippen LogP contribution in [-0.4, -0.2) is 29.5 Å². The molecule has 0 radical (unpaired) electrons. The first kappa shape index (κ1) is 20.9. The molecule has 0 saturated heterocycles. The number of rotatable bonds is 5. The van der Waals surface area contributed by atoms with Gasteiger partial charge in [-0.25, -0.2) is 0 Å². The zero-order valence-corrected chi connectivity index (χ0v) is 18.3. The first-order valence-electron chi connectivity index (χ1n) is 10.6. The van der Waals surface area contributed by atoms with Crippen LogP contribution in [0.4, 0.5) is 0 Å². The maximum absolute atomic E-state index is 13.6.